The second-order valence-electron chi connectivity index (χ2n) is 3.69. The van der Waals surface area contributed by atoms with Crippen LogP contribution in [0.1, 0.15) is 24.1 Å². The zero-order valence-corrected chi connectivity index (χ0v) is 10.7. The molecule has 0 saturated heterocycles. The Morgan fingerprint density at radius 1 is 1.60 bits per heavy atom. The van der Waals surface area contributed by atoms with Gasteiger partial charge in [0.2, 0.25) is 0 Å². The van der Waals surface area contributed by atoms with Crippen LogP contribution < -0.4 is 10.6 Å². The van der Waals surface area contributed by atoms with E-state index in [0.29, 0.717) is 12.6 Å². The van der Waals surface area contributed by atoms with Gasteiger partial charge in [0.1, 0.15) is 0 Å². The van der Waals surface area contributed by atoms with E-state index in [1.807, 2.05) is 11.4 Å². The summed E-state index contributed by atoms with van der Waals surface area (Å²) in [6.45, 7) is 0.606. The molecule has 0 spiro atoms. The van der Waals surface area contributed by atoms with Gasteiger partial charge in [-0.2, -0.15) is 0 Å². The number of halogens is 1. The molecule has 2 rings (SSSR count). The Hall–Kier alpha value is -0.550. The predicted molar refractivity (Wildman–Crippen MR) is 65.0 cm³/mol. The van der Waals surface area contributed by atoms with Crippen molar-refractivity contribution in [2.45, 2.75) is 31.8 Å². The summed E-state index contributed by atoms with van der Waals surface area (Å²) in [5.74, 6) is 0. The van der Waals surface area contributed by atoms with Gasteiger partial charge in [-0.25, -0.2) is 4.79 Å². The summed E-state index contributed by atoms with van der Waals surface area (Å²) in [5.41, 5.74) is 0. The van der Waals surface area contributed by atoms with Crippen molar-refractivity contribution in [3.63, 3.8) is 0 Å². The maximum absolute atomic E-state index is 11.4. The fourth-order valence-corrected chi connectivity index (χ4v) is 2.79. The van der Waals surface area contributed by atoms with Gasteiger partial charge in [0, 0.05) is 20.8 Å². The van der Waals surface area contributed by atoms with Gasteiger partial charge in [-0.05, 0) is 41.3 Å². The summed E-state index contributed by atoms with van der Waals surface area (Å²) < 4.78 is 1.07. The molecule has 1 heterocycles. The van der Waals surface area contributed by atoms with Crippen molar-refractivity contribution in [1.82, 2.24) is 10.6 Å². The molecule has 2 amide bonds. The minimum atomic E-state index is -0.0516. The van der Waals surface area contributed by atoms with Gasteiger partial charge in [0.25, 0.3) is 0 Å². The summed E-state index contributed by atoms with van der Waals surface area (Å²) >= 11 is 5.02. The third-order valence-corrected chi connectivity index (χ3v) is 4.18. The topological polar surface area (TPSA) is 41.1 Å². The first-order valence-corrected chi connectivity index (χ1v) is 6.68. The molecular weight excluding hydrogens is 276 g/mol. The standard InChI is InChI=1S/C10H13BrN2OS/c11-7-4-9(15-6-7)5-12-10(14)13-8-2-1-3-8/h4,6,8H,1-3,5H2,(H2,12,13,14). The van der Waals surface area contributed by atoms with Gasteiger partial charge >= 0.3 is 6.03 Å². The van der Waals surface area contributed by atoms with E-state index in [1.165, 1.54) is 6.42 Å². The Bertz CT molecular complexity index is 349. The first kappa shape index (κ1) is 11.0. The maximum Gasteiger partial charge on any atom is 0.315 e. The van der Waals surface area contributed by atoms with E-state index >= 15 is 0 Å². The van der Waals surface area contributed by atoms with E-state index in [1.54, 1.807) is 11.3 Å². The van der Waals surface area contributed by atoms with Crippen molar-refractivity contribution >= 4 is 33.3 Å². The minimum Gasteiger partial charge on any atom is -0.335 e. The van der Waals surface area contributed by atoms with Gasteiger partial charge in [-0.15, -0.1) is 11.3 Å². The minimum absolute atomic E-state index is 0.0516. The summed E-state index contributed by atoms with van der Waals surface area (Å²) in [5, 5.41) is 7.80. The molecule has 5 heteroatoms. The third kappa shape index (κ3) is 3.21. The molecule has 0 bridgehead atoms. The van der Waals surface area contributed by atoms with Crippen LogP contribution in [0.4, 0.5) is 4.79 Å². The summed E-state index contributed by atoms with van der Waals surface area (Å²) in [6.07, 6.45) is 3.48. The van der Waals surface area contributed by atoms with Crippen LogP contribution in [0, 0.1) is 0 Å². The van der Waals surface area contributed by atoms with E-state index in [9.17, 15) is 4.79 Å². The molecule has 1 aliphatic rings. The second kappa shape index (κ2) is 4.99. The molecule has 1 saturated carbocycles. The lowest BCUT2D eigenvalue weighted by Gasteiger charge is -2.26. The number of hydrogen-bond acceptors (Lipinski definition) is 2. The molecule has 1 aromatic heterocycles. The van der Waals surface area contributed by atoms with E-state index in [0.717, 1.165) is 22.2 Å². The Morgan fingerprint density at radius 3 is 2.93 bits per heavy atom. The number of amides is 2. The molecule has 2 N–H and O–H groups in total. The van der Waals surface area contributed by atoms with Crippen LogP contribution in [0.5, 0.6) is 0 Å². The third-order valence-electron chi connectivity index (χ3n) is 2.49. The Morgan fingerprint density at radius 2 is 2.40 bits per heavy atom. The zero-order valence-electron chi connectivity index (χ0n) is 8.25. The highest BCUT2D eigenvalue weighted by Gasteiger charge is 2.18. The first-order chi connectivity index (χ1) is 7.24. The van der Waals surface area contributed by atoms with Gasteiger partial charge in [0.05, 0.1) is 6.54 Å². The summed E-state index contributed by atoms with van der Waals surface area (Å²) in [4.78, 5) is 12.6. The van der Waals surface area contributed by atoms with Crippen molar-refractivity contribution in [1.29, 1.82) is 0 Å². The SMILES string of the molecule is O=C(NCc1cc(Br)cs1)NC1CCC1. The average molecular weight is 289 g/mol. The molecule has 0 unspecified atom stereocenters. The number of carbonyl (C=O) groups excluding carboxylic acids is 1. The quantitative estimate of drug-likeness (QED) is 0.882. The lowest BCUT2D eigenvalue weighted by molar-refractivity contribution is 0.228. The van der Waals surface area contributed by atoms with Gasteiger partial charge < -0.3 is 10.6 Å². The Kier molecular flexibility index (Phi) is 3.64. The molecular formula is C10H13BrN2OS. The molecule has 1 fully saturated rings. The van der Waals surface area contributed by atoms with E-state index in [2.05, 4.69) is 26.6 Å². The molecule has 0 atom stereocenters. The Balaban J connectivity index is 1.70. The van der Waals surface area contributed by atoms with E-state index < -0.39 is 0 Å². The molecule has 3 nitrogen and oxygen atoms in total. The fraction of sp³-hybridized carbons (Fsp3) is 0.500. The van der Waals surface area contributed by atoms with Crippen LogP contribution in [0.3, 0.4) is 0 Å². The van der Waals surface area contributed by atoms with Gasteiger partial charge in [-0.3, -0.25) is 0 Å². The molecule has 0 aromatic carbocycles. The lowest BCUT2D eigenvalue weighted by atomic mass is 9.93. The van der Waals surface area contributed by atoms with Crippen molar-refractivity contribution in [3.8, 4) is 0 Å². The first-order valence-electron chi connectivity index (χ1n) is 5.01. The van der Waals surface area contributed by atoms with E-state index in [4.69, 9.17) is 0 Å². The fourth-order valence-electron chi connectivity index (χ4n) is 1.40. The maximum atomic E-state index is 11.4. The molecule has 82 valence electrons. The largest absolute Gasteiger partial charge is 0.335 e. The van der Waals surface area contributed by atoms with Crippen molar-refractivity contribution in [3.05, 3.63) is 20.8 Å². The summed E-state index contributed by atoms with van der Waals surface area (Å²) in [6, 6.07) is 2.37. The van der Waals surface area contributed by atoms with Crippen molar-refractivity contribution in [2.75, 3.05) is 0 Å². The number of nitrogens with one attached hydrogen (secondary N) is 2. The van der Waals surface area contributed by atoms with E-state index in [-0.39, 0.29) is 6.03 Å². The predicted octanol–water partition coefficient (Wildman–Crippen LogP) is 2.86. The molecule has 15 heavy (non-hydrogen) atoms. The highest BCUT2D eigenvalue weighted by molar-refractivity contribution is 9.10. The van der Waals surface area contributed by atoms with Crippen LogP contribution in [-0.4, -0.2) is 12.1 Å². The molecule has 1 aromatic rings. The zero-order chi connectivity index (χ0) is 10.7. The Labute approximate surface area is 101 Å². The number of hydrogen-bond donors (Lipinski definition) is 2. The monoisotopic (exact) mass is 288 g/mol. The number of carbonyl (C=O) groups is 1. The lowest BCUT2D eigenvalue weighted by Crippen LogP contribution is -2.44. The smallest absolute Gasteiger partial charge is 0.315 e. The number of thiophene rings is 1. The normalized spacial score (nSPS) is 15.8. The second-order valence-corrected chi connectivity index (χ2v) is 5.60. The van der Waals surface area contributed by atoms with Crippen molar-refractivity contribution in [2.24, 2.45) is 0 Å². The highest BCUT2D eigenvalue weighted by Crippen LogP contribution is 2.20. The number of urea groups is 1. The average Bonchev–Trinajstić information content (AvgIpc) is 2.55. The van der Waals surface area contributed by atoms with Crippen LogP contribution in [0.2, 0.25) is 0 Å². The number of rotatable bonds is 3. The highest BCUT2D eigenvalue weighted by atomic mass is 79.9. The molecule has 0 radical (unpaired) electrons. The van der Waals surface area contributed by atoms with Crippen LogP contribution in [0.15, 0.2) is 15.9 Å². The van der Waals surface area contributed by atoms with Gasteiger partial charge in [-0.1, -0.05) is 0 Å². The van der Waals surface area contributed by atoms with Crippen LogP contribution in [-0.2, 0) is 6.54 Å². The van der Waals surface area contributed by atoms with Gasteiger partial charge in [0.15, 0.2) is 0 Å². The van der Waals surface area contributed by atoms with Crippen LogP contribution in [0.25, 0.3) is 0 Å². The summed E-state index contributed by atoms with van der Waals surface area (Å²) in [7, 11) is 0. The van der Waals surface area contributed by atoms with Crippen molar-refractivity contribution < 1.29 is 4.79 Å². The molecule has 1 aliphatic carbocycles. The van der Waals surface area contributed by atoms with Crippen LogP contribution >= 0.6 is 27.3 Å². The molecule has 0 aliphatic heterocycles.